The van der Waals surface area contributed by atoms with Gasteiger partial charge in [0.15, 0.2) is 6.10 Å². The summed E-state index contributed by atoms with van der Waals surface area (Å²) in [5, 5.41) is 34.2. The van der Waals surface area contributed by atoms with Crippen LogP contribution in [-0.2, 0) is 9.78 Å². The molecular weight excluding hydrogens is 168 g/mol. The zero-order valence-corrected chi connectivity index (χ0v) is 6.54. The Labute approximate surface area is 69.1 Å². The van der Waals surface area contributed by atoms with E-state index >= 15 is 0 Å². The molecule has 0 saturated heterocycles. The summed E-state index contributed by atoms with van der Waals surface area (Å²) in [5.41, 5.74) is 0. The van der Waals surface area contributed by atoms with Gasteiger partial charge in [0.25, 0.3) is 0 Å². The lowest BCUT2D eigenvalue weighted by Gasteiger charge is -2.17. The van der Waals surface area contributed by atoms with E-state index in [4.69, 9.17) is 20.7 Å². The number of aliphatic hydroxyl groups is 2. The van der Waals surface area contributed by atoms with Gasteiger partial charge in [-0.3, -0.25) is 10.5 Å². The fourth-order valence-corrected chi connectivity index (χ4v) is 0.614. The molecule has 4 N–H and O–H groups in total. The number of aliphatic hydroxyl groups excluding tert-OH is 2. The van der Waals surface area contributed by atoms with E-state index in [1.165, 1.54) is 13.0 Å². The highest BCUT2D eigenvalue weighted by Gasteiger charge is 2.23. The quantitative estimate of drug-likeness (QED) is 0.273. The number of rotatable bonds is 5. The minimum absolute atomic E-state index is 0.369. The summed E-state index contributed by atoms with van der Waals surface area (Å²) in [5.74, 6) is -0.369. The fraction of sp³-hybridized carbons (Fsp3) is 0.667. The lowest BCUT2D eigenvalue weighted by molar-refractivity contribution is -0.338. The molecule has 0 aliphatic rings. The number of hydrogen-bond donors (Lipinski definition) is 4. The molecule has 0 aromatic heterocycles. The maximum atomic E-state index is 9.11. The molecule has 0 aliphatic carbocycles. The molecule has 0 rings (SSSR count). The van der Waals surface area contributed by atoms with E-state index in [-0.39, 0.29) is 5.76 Å². The van der Waals surface area contributed by atoms with Gasteiger partial charge in [-0.2, -0.15) is 0 Å². The van der Waals surface area contributed by atoms with Crippen LogP contribution in [0.5, 0.6) is 0 Å². The first kappa shape index (κ1) is 11.3. The van der Waals surface area contributed by atoms with Crippen LogP contribution in [0, 0.1) is 0 Å². The van der Waals surface area contributed by atoms with Crippen molar-refractivity contribution in [2.75, 3.05) is 6.61 Å². The molecule has 0 saturated carbocycles. The van der Waals surface area contributed by atoms with Crippen molar-refractivity contribution in [3.63, 3.8) is 0 Å². The van der Waals surface area contributed by atoms with Crippen molar-refractivity contribution in [3.05, 3.63) is 11.8 Å². The zero-order chi connectivity index (χ0) is 9.56. The van der Waals surface area contributed by atoms with Gasteiger partial charge in [0.2, 0.25) is 0 Å². The second-order valence-corrected chi connectivity index (χ2v) is 2.10. The van der Waals surface area contributed by atoms with Crippen molar-refractivity contribution < 1.29 is 30.5 Å². The molecule has 6 nitrogen and oxygen atoms in total. The summed E-state index contributed by atoms with van der Waals surface area (Å²) >= 11 is 0. The van der Waals surface area contributed by atoms with Gasteiger partial charge in [-0.1, -0.05) is 0 Å². The largest absolute Gasteiger partial charge is 0.510 e. The molecular formula is C6H12O6. The van der Waals surface area contributed by atoms with Crippen LogP contribution in [0.25, 0.3) is 0 Å². The second kappa shape index (κ2) is 5.92. The molecule has 0 fully saturated rings. The number of allylic oxidation sites excluding steroid dienone is 1. The molecule has 72 valence electrons. The Bertz CT molecular complexity index is 145. The van der Waals surface area contributed by atoms with Crippen molar-refractivity contribution in [3.8, 4) is 0 Å². The van der Waals surface area contributed by atoms with Crippen molar-refractivity contribution in [2.24, 2.45) is 0 Å². The van der Waals surface area contributed by atoms with E-state index < -0.39 is 18.8 Å². The van der Waals surface area contributed by atoms with Crippen molar-refractivity contribution in [1.82, 2.24) is 0 Å². The summed E-state index contributed by atoms with van der Waals surface area (Å²) < 4.78 is 0. The molecule has 0 radical (unpaired) electrons. The molecule has 0 aromatic rings. The van der Waals surface area contributed by atoms with Gasteiger partial charge < -0.3 is 10.2 Å². The highest BCUT2D eigenvalue weighted by atomic mass is 17.1. The third-order valence-corrected chi connectivity index (χ3v) is 1.33. The van der Waals surface area contributed by atoms with Crippen LogP contribution in [0.4, 0.5) is 0 Å². The Morgan fingerprint density at radius 3 is 2.42 bits per heavy atom. The van der Waals surface area contributed by atoms with Gasteiger partial charge in [0.1, 0.15) is 18.5 Å². The van der Waals surface area contributed by atoms with E-state index in [0.29, 0.717) is 0 Å². The lowest BCUT2D eigenvalue weighted by atomic mass is 10.2. The Morgan fingerprint density at radius 2 is 2.08 bits per heavy atom. The third kappa shape index (κ3) is 3.16. The van der Waals surface area contributed by atoms with E-state index in [2.05, 4.69) is 9.78 Å². The van der Waals surface area contributed by atoms with Crippen LogP contribution in [0.2, 0.25) is 0 Å². The molecule has 0 aromatic carbocycles. The predicted molar refractivity (Wildman–Crippen MR) is 38.5 cm³/mol. The lowest BCUT2D eigenvalue weighted by Crippen LogP contribution is -2.33. The van der Waals surface area contributed by atoms with Gasteiger partial charge in [0, 0.05) is 0 Å². The van der Waals surface area contributed by atoms with Crippen LogP contribution in [0.15, 0.2) is 11.8 Å². The zero-order valence-electron chi connectivity index (χ0n) is 6.54. The smallest absolute Gasteiger partial charge is 0.152 e. The second-order valence-electron chi connectivity index (χ2n) is 2.10. The van der Waals surface area contributed by atoms with Gasteiger partial charge >= 0.3 is 0 Å². The van der Waals surface area contributed by atoms with Crippen LogP contribution in [0.3, 0.4) is 0 Å². The predicted octanol–water partition coefficient (Wildman–Crippen LogP) is 0.157. The monoisotopic (exact) mass is 180 g/mol. The highest BCUT2D eigenvalue weighted by Crippen LogP contribution is 2.06. The van der Waals surface area contributed by atoms with Gasteiger partial charge in [0.05, 0.1) is 0 Å². The summed E-state index contributed by atoms with van der Waals surface area (Å²) in [6.07, 6.45) is -1.41. The van der Waals surface area contributed by atoms with E-state index in [9.17, 15) is 0 Å². The van der Waals surface area contributed by atoms with Gasteiger partial charge in [-0.05, 0) is 13.0 Å². The summed E-state index contributed by atoms with van der Waals surface area (Å²) in [6.45, 7) is 1.04. The minimum atomic E-state index is -1.42. The fourth-order valence-electron chi connectivity index (χ4n) is 0.614. The van der Waals surface area contributed by atoms with E-state index in [1.807, 2.05) is 0 Å². The Balaban J connectivity index is 4.10. The van der Waals surface area contributed by atoms with Crippen molar-refractivity contribution in [2.45, 2.75) is 19.1 Å². The molecule has 12 heavy (non-hydrogen) atoms. The minimum Gasteiger partial charge on any atom is -0.510 e. The standard InChI is InChI=1S/C6H12O6/c1-2-4(7)6(8)5(12-10)3-11-9/h2,5-10H,3H2,1H3/t5-,6-/m1/s1. The van der Waals surface area contributed by atoms with Crippen molar-refractivity contribution >= 4 is 0 Å². The molecule has 0 aliphatic heterocycles. The summed E-state index contributed by atoms with van der Waals surface area (Å²) in [4.78, 5) is 7.37. The Kier molecular flexibility index (Phi) is 5.60. The Morgan fingerprint density at radius 1 is 1.50 bits per heavy atom. The van der Waals surface area contributed by atoms with Crippen LogP contribution in [-0.4, -0.2) is 39.5 Å². The van der Waals surface area contributed by atoms with Gasteiger partial charge in [-0.15, -0.1) is 0 Å². The third-order valence-electron chi connectivity index (χ3n) is 1.33. The molecule has 6 heteroatoms. The Hall–Kier alpha value is -0.660. The average molecular weight is 180 g/mol. The number of hydrogen-bond acceptors (Lipinski definition) is 6. The van der Waals surface area contributed by atoms with Crippen LogP contribution >= 0.6 is 0 Å². The SMILES string of the molecule is CC=C(O)[C@@H](O)[C@@H](COO)OO. The van der Waals surface area contributed by atoms with Crippen LogP contribution < -0.4 is 0 Å². The van der Waals surface area contributed by atoms with E-state index in [1.54, 1.807) is 0 Å². The summed E-state index contributed by atoms with van der Waals surface area (Å²) in [7, 11) is 0. The molecule has 0 amide bonds. The average Bonchev–Trinajstić information content (AvgIpc) is 2.11. The highest BCUT2D eigenvalue weighted by molar-refractivity contribution is 4.98. The molecule has 0 heterocycles. The molecule has 0 spiro atoms. The molecule has 0 bridgehead atoms. The maximum absolute atomic E-state index is 9.11. The topological polar surface area (TPSA) is 99.4 Å². The molecule has 0 unspecified atom stereocenters. The first-order valence-electron chi connectivity index (χ1n) is 3.27. The normalized spacial score (nSPS) is 17.5. The van der Waals surface area contributed by atoms with Crippen molar-refractivity contribution in [1.29, 1.82) is 0 Å². The first-order valence-corrected chi connectivity index (χ1v) is 3.27. The van der Waals surface area contributed by atoms with Crippen LogP contribution in [0.1, 0.15) is 6.92 Å². The first-order chi connectivity index (χ1) is 5.67. The maximum Gasteiger partial charge on any atom is 0.152 e. The van der Waals surface area contributed by atoms with Gasteiger partial charge in [-0.25, -0.2) is 9.78 Å². The van der Waals surface area contributed by atoms with E-state index in [0.717, 1.165) is 0 Å². The molecule has 2 atom stereocenters. The summed E-state index contributed by atoms with van der Waals surface area (Å²) in [6, 6.07) is 0.